The van der Waals surface area contributed by atoms with Gasteiger partial charge in [-0.2, -0.15) is 0 Å². The zero-order valence-electron chi connectivity index (χ0n) is 41.2. The number of esters is 3. The highest BCUT2D eigenvalue weighted by atomic mass is 16.5. The van der Waals surface area contributed by atoms with Crippen LogP contribution in [0.2, 0.25) is 0 Å². The number of hydrogen-bond acceptors (Lipinski definition) is 7. The van der Waals surface area contributed by atoms with Crippen molar-refractivity contribution in [1.29, 1.82) is 0 Å². The third kappa shape index (κ3) is 74.9. The van der Waals surface area contributed by atoms with Gasteiger partial charge >= 0.3 is 17.9 Å². The van der Waals surface area contributed by atoms with Gasteiger partial charge in [-0.1, -0.05) is 186 Å². The molecule has 1 atom stereocenters. The van der Waals surface area contributed by atoms with Crippen LogP contribution in [-0.4, -0.2) is 48.9 Å². The lowest BCUT2D eigenvalue weighted by Crippen LogP contribution is -2.13. The zero-order chi connectivity index (χ0) is 46.1. The Bertz CT molecular complexity index is 971. The van der Waals surface area contributed by atoms with Crippen LogP contribution in [0, 0.1) is 0 Å². The summed E-state index contributed by atoms with van der Waals surface area (Å²) in [5.41, 5.74) is 0. The molecule has 0 fully saturated rings. The molecule has 0 aromatic carbocycles. The van der Waals surface area contributed by atoms with Crippen LogP contribution in [0.1, 0.15) is 241 Å². The molecule has 0 aromatic rings. The summed E-state index contributed by atoms with van der Waals surface area (Å²) in [4.78, 5) is 31.8. The molecule has 0 saturated carbocycles. The van der Waals surface area contributed by atoms with Crippen LogP contribution in [0.4, 0.5) is 0 Å². The largest absolute Gasteiger partial charge is 0.466 e. The maximum Gasteiger partial charge on any atom is 0.303 e. The molecule has 0 aliphatic rings. The summed E-state index contributed by atoms with van der Waals surface area (Å²) in [6, 6.07) is 0. The summed E-state index contributed by atoms with van der Waals surface area (Å²) in [7, 11) is 0. The van der Waals surface area contributed by atoms with Gasteiger partial charge in [-0.3, -0.25) is 14.4 Å². The molecule has 0 spiro atoms. The zero-order valence-corrected chi connectivity index (χ0v) is 41.2. The van der Waals surface area contributed by atoms with E-state index < -0.39 is 0 Å². The first-order valence-corrected chi connectivity index (χ1v) is 24.9. The Labute approximate surface area is 378 Å². The topological polar surface area (TPSA) is 99.1 Å². The lowest BCUT2D eigenvalue weighted by atomic mass is 10.1. The first-order valence-electron chi connectivity index (χ1n) is 24.9. The molecule has 0 aromatic heterocycles. The van der Waals surface area contributed by atoms with Gasteiger partial charge in [0.25, 0.3) is 0 Å². The SMILES string of the molecule is C=C/C=C/C(CCCCCCC)OC(C)=O.CCC/C=C/CCCCCCCOC(C)=O.CCC/C=C\CCCCCCCO.CCC/C=C\CCCCCCCOC(C)=O. The van der Waals surface area contributed by atoms with Gasteiger partial charge in [0.05, 0.1) is 13.2 Å². The summed E-state index contributed by atoms with van der Waals surface area (Å²) < 4.78 is 14.9. The molecule has 0 radical (unpaired) electrons. The standard InChI is InChI=1S/C14H24O2.2C14H26O2.C12H24O/c1-4-6-8-9-10-12-14(11-7-5-2)16-13(3)15;2*1-3-4-5-6-7-8-9-10-11-12-13-16-14(2)15;1-2-3-4-5-6-7-8-9-10-11-12-13/h5,7,11,14H,2,4,6,8-10,12H2,1,3H3;2*5-6H,3-4,7-13H2,1-2H3;4-5,13H,2-3,6-12H2,1H3/b11-7+;6-5+;6-5-;5-4-. The maximum absolute atomic E-state index is 10.9. The van der Waals surface area contributed by atoms with Crippen LogP contribution in [0.15, 0.2) is 61.3 Å². The minimum atomic E-state index is -0.215. The van der Waals surface area contributed by atoms with Gasteiger partial charge in [0, 0.05) is 27.4 Å². The smallest absolute Gasteiger partial charge is 0.303 e. The molecule has 61 heavy (non-hydrogen) atoms. The van der Waals surface area contributed by atoms with E-state index in [0.29, 0.717) is 19.8 Å². The predicted octanol–water partition coefficient (Wildman–Crippen LogP) is 16.2. The first-order chi connectivity index (χ1) is 29.7. The summed E-state index contributed by atoms with van der Waals surface area (Å²) in [5.74, 6) is -0.547. The van der Waals surface area contributed by atoms with Gasteiger partial charge in [-0.05, 0) is 96.0 Å². The van der Waals surface area contributed by atoms with Crippen molar-refractivity contribution < 1.29 is 33.7 Å². The second-order valence-corrected chi connectivity index (χ2v) is 15.8. The molecule has 0 heterocycles. The number of allylic oxidation sites excluding steroid dienone is 8. The molecule has 0 bridgehead atoms. The highest BCUT2D eigenvalue weighted by Crippen LogP contribution is 2.12. The molecule has 1 N–H and O–H groups in total. The van der Waals surface area contributed by atoms with Crippen molar-refractivity contribution in [2.75, 3.05) is 19.8 Å². The third-order valence-electron chi connectivity index (χ3n) is 9.41. The van der Waals surface area contributed by atoms with Gasteiger partial charge in [-0.25, -0.2) is 0 Å². The van der Waals surface area contributed by atoms with Crippen LogP contribution in [0.5, 0.6) is 0 Å². The van der Waals surface area contributed by atoms with Crippen LogP contribution in [0.3, 0.4) is 0 Å². The van der Waals surface area contributed by atoms with Crippen LogP contribution >= 0.6 is 0 Å². The Morgan fingerprint density at radius 2 is 0.820 bits per heavy atom. The normalized spacial score (nSPS) is 11.4. The number of rotatable bonds is 38. The number of ether oxygens (including phenoxy) is 3. The van der Waals surface area contributed by atoms with Crippen molar-refractivity contribution >= 4 is 17.9 Å². The highest BCUT2D eigenvalue weighted by Gasteiger charge is 2.07. The van der Waals surface area contributed by atoms with Crippen molar-refractivity contribution in [3.63, 3.8) is 0 Å². The molecule has 358 valence electrons. The van der Waals surface area contributed by atoms with Gasteiger partial charge < -0.3 is 19.3 Å². The molecular weight excluding hydrogens is 761 g/mol. The van der Waals surface area contributed by atoms with E-state index in [1.165, 1.54) is 181 Å². The molecule has 7 nitrogen and oxygen atoms in total. The van der Waals surface area contributed by atoms with Gasteiger partial charge in [-0.15, -0.1) is 0 Å². The van der Waals surface area contributed by atoms with E-state index in [1.54, 1.807) is 6.08 Å². The Kier molecular flexibility index (Phi) is 65.1. The maximum atomic E-state index is 10.9. The summed E-state index contributed by atoms with van der Waals surface area (Å²) in [6.07, 6.45) is 55.3. The van der Waals surface area contributed by atoms with Crippen molar-refractivity contribution in [2.45, 2.75) is 247 Å². The van der Waals surface area contributed by atoms with Crippen LogP contribution in [-0.2, 0) is 28.6 Å². The Morgan fingerprint density at radius 1 is 0.459 bits per heavy atom. The van der Waals surface area contributed by atoms with E-state index in [1.807, 2.05) is 12.2 Å². The van der Waals surface area contributed by atoms with Gasteiger partial charge in [0.1, 0.15) is 6.10 Å². The van der Waals surface area contributed by atoms with Crippen molar-refractivity contribution in [3.8, 4) is 0 Å². The van der Waals surface area contributed by atoms with Crippen LogP contribution in [0.25, 0.3) is 0 Å². The summed E-state index contributed by atoms with van der Waals surface area (Å²) in [6.45, 7) is 18.3. The summed E-state index contributed by atoms with van der Waals surface area (Å²) in [5, 5.41) is 8.55. The van der Waals surface area contributed by atoms with Crippen molar-refractivity contribution in [2.24, 2.45) is 0 Å². The minimum Gasteiger partial charge on any atom is -0.466 e. The summed E-state index contributed by atoms with van der Waals surface area (Å²) >= 11 is 0. The fourth-order valence-corrected chi connectivity index (χ4v) is 5.89. The predicted molar refractivity (Wildman–Crippen MR) is 264 cm³/mol. The molecule has 1 unspecified atom stereocenters. The Hall–Kier alpha value is -2.93. The molecular formula is C54H100O7. The molecule has 7 heteroatoms. The highest BCUT2D eigenvalue weighted by molar-refractivity contribution is 5.66. The lowest BCUT2D eigenvalue weighted by Gasteiger charge is -2.12. The fourth-order valence-electron chi connectivity index (χ4n) is 5.89. The molecule has 0 rings (SSSR count). The second kappa shape index (κ2) is 61.4. The average Bonchev–Trinajstić information content (AvgIpc) is 3.23. The Morgan fingerprint density at radius 3 is 1.18 bits per heavy atom. The third-order valence-corrected chi connectivity index (χ3v) is 9.41. The first kappa shape index (κ1) is 64.7. The van der Waals surface area contributed by atoms with E-state index in [9.17, 15) is 14.4 Å². The van der Waals surface area contributed by atoms with E-state index in [-0.39, 0.29) is 24.0 Å². The molecule has 0 aliphatic heterocycles. The second-order valence-electron chi connectivity index (χ2n) is 15.8. The van der Waals surface area contributed by atoms with Gasteiger partial charge in [0.2, 0.25) is 0 Å². The molecule has 0 aliphatic carbocycles. The number of carbonyl (C=O) groups excluding carboxylic acids is 3. The number of unbranched alkanes of at least 4 members (excludes halogenated alkanes) is 22. The van der Waals surface area contributed by atoms with Gasteiger partial charge in [0.15, 0.2) is 0 Å². The monoisotopic (exact) mass is 861 g/mol. The van der Waals surface area contributed by atoms with E-state index in [4.69, 9.17) is 19.3 Å². The minimum absolute atomic E-state index is 0.0860. The van der Waals surface area contributed by atoms with Crippen molar-refractivity contribution in [3.05, 3.63) is 61.3 Å². The van der Waals surface area contributed by atoms with Crippen molar-refractivity contribution in [1.82, 2.24) is 0 Å². The fraction of sp³-hybridized carbons (Fsp3) is 0.759. The number of aliphatic hydroxyl groups excluding tert-OH is 1. The van der Waals surface area contributed by atoms with Crippen LogP contribution < -0.4 is 0 Å². The van der Waals surface area contributed by atoms with E-state index in [2.05, 4.69) is 70.7 Å². The molecule has 0 amide bonds. The molecule has 0 saturated heterocycles. The quantitative estimate of drug-likeness (QED) is 0.0217. The number of aliphatic hydroxyl groups is 1. The number of carbonyl (C=O) groups is 3. The van der Waals surface area contributed by atoms with E-state index in [0.717, 1.165) is 32.1 Å². The Balaban J connectivity index is -0.000000356. The lowest BCUT2D eigenvalue weighted by molar-refractivity contribution is -0.144. The number of hydrogen-bond donors (Lipinski definition) is 1. The van der Waals surface area contributed by atoms with E-state index >= 15 is 0 Å². The average molecular weight is 861 g/mol.